The number of amides is 1. The number of hydrogen-bond donors (Lipinski definition) is 2. The van der Waals surface area contributed by atoms with E-state index < -0.39 is 0 Å². The molecule has 5 atom stereocenters. The van der Waals surface area contributed by atoms with Crippen LogP contribution in [0, 0.1) is 22.7 Å². The van der Waals surface area contributed by atoms with Gasteiger partial charge in [-0.1, -0.05) is 39.3 Å². The van der Waals surface area contributed by atoms with Crippen molar-refractivity contribution in [2.75, 3.05) is 0 Å². The van der Waals surface area contributed by atoms with E-state index in [1.807, 2.05) is 6.07 Å². The van der Waals surface area contributed by atoms with Gasteiger partial charge in [-0.2, -0.15) is 0 Å². The lowest BCUT2D eigenvalue weighted by Gasteiger charge is -2.67. The van der Waals surface area contributed by atoms with Crippen molar-refractivity contribution >= 4 is 17.5 Å². The molecule has 3 N–H and O–H groups in total. The van der Waals surface area contributed by atoms with E-state index in [4.69, 9.17) is 22.1 Å². The highest BCUT2D eigenvalue weighted by Crippen LogP contribution is 2.66. The smallest absolute Gasteiger partial charge is 0.252 e. The average Bonchev–Trinajstić information content (AvgIpc) is 2.95. The molecule has 4 aliphatic rings. The summed E-state index contributed by atoms with van der Waals surface area (Å²) in [6.07, 6.45) is 5.19. The first-order chi connectivity index (χ1) is 13.1. The summed E-state index contributed by atoms with van der Waals surface area (Å²) in [6.45, 7) is 10.0. The molecule has 1 aromatic carbocycles. The van der Waals surface area contributed by atoms with Crippen LogP contribution in [0.25, 0.3) is 0 Å². The number of carbonyl (C=O) groups excluding carboxylic acids is 1. The van der Waals surface area contributed by atoms with Crippen LogP contribution in [0.1, 0.15) is 74.9 Å². The van der Waals surface area contributed by atoms with Crippen molar-refractivity contribution in [2.45, 2.75) is 78.0 Å². The molecule has 2 saturated carbocycles. The fraction of sp³-hybridized carbons (Fsp3) is 0.696. The fourth-order valence-electron chi connectivity index (χ4n) is 7.21. The summed E-state index contributed by atoms with van der Waals surface area (Å²) < 4.78 is 7.12. The second kappa shape index (κ2) is 5.66. The van der Waals surface area contributed by atoms with Crippen molar-refractivity contribution < 1.29 is 9.53 Å². The normalized spacial score (nSPS) is 40.5. The summed E-state index contributed by atoms with van der Waals surface area (Å²) in [7, 11) is 0. The molecular formula is C23H31ClN2O2. The summed E-state index contributed by atoms with van der Waals surface area (Å²) in [6, 6.07) is 1.97. The number of benzene rings is 1. The number of fused-ring (bicyclic) bond motifs is 3. The molecule has 1 aromatic rings. The zero-order valence-electron chi connectivity index (χ0n) is 17.3. The highest BCUT2D eigenvalue weighted by molar-refractivity contribution is 6.32. The molecule has 0 saturated heterocycles. The number of rotatable bonds is 0. The minimum absolute atomic E-state index is 0.0217. The number of ether oxygens (including phenoxy) is 1. The molecule has 1 amide bonds. The second-order valence-corrected chi connectivity index (χ2v) is 11.1. The maximum atomic E-state index is 12.3. The summed E-state index contributed by atoms with van der Waals surface area (Å²) in [5.41, 5.74) is 9.17. The molecule has 2 aliphatic carbocycles. The lowest BCUT2D eigenvalue weighted by molar-refractivity contribution is -0.213. The van der Waals surface area contributed by atoms with Crippen LogP contribution >= 0.6 is 11.6 Å². The third-order valence-electron chi connectivity index (χ3n) is 8.73. The van der Waals surface area contributed by atoms with Gasteiger partial charge in [0.05, 0.1) is 0 Å². The molecule has 0 aromatic heterocycles. The second-order valence-electron chi connectivity index (χ2n) is 10.6. The lowest BCUT2D eigenvalue weighted by Crippen LogP contribution is -2.71. The minimum Gasteiger partial charge on any atom is -0.486 e. The maximum Gasteiger partial charge on any atom is 0.252 e. The Bertz CT molecular complexity index is 882. The van der Waals surface area contributed by atoms with Gasteiger partial charge in [-0.3, -0.25) is 4.79 Å². The van der Waals surface area contributed by atoms with Crippen molar-refractivity contribution in [3.8, 4) is 5.75 Å². The van der Waals surface area contributed by atoms with E-state index in [0.29, 0.717) is 29.0 Å². The van der Waals surface area contributed by atoms with E-state index >= 15 is 0 Å². The van der Waals surface area contributed by atoms with Crippen LogP contribution in [0.15, 0.2) is 6.07 Å². The monoisotopic (exact) mass is 402 g/mol. The van der Waals surface area contributed by atoms with Crippen molar-refractivity contribution in [1.29, 1.82) is 0 Å². The minimum atomic E-state index is -0.303. The average molecular weight is 403 g/mol. The van der Waals surface area contributed by atoms with Crippen LogP contribution < -0.4 is 15.8 Å². The van der Waals surface area contributed by atoms with Gasteiger partial charge in [0.1, 0.15) is 11.4 Å². The molecule has 4 nitrogen and oxygen atoms in total. The Morgan fingerprint density at radius 3 is 2.71 bits per heavy atom. The number of nitrogens with one attached hydrogen (secondary N) is 1. The SMILES string of the molecule is C[C@H]1CC[C@H]2C(C)(C)CC(N)C[C@]23Oc2c(c(Cl)cc4c2CNC4=O)C[C@]13C. The van der Waals surface area contributed by atoms with Crippen LogP contribution in [0.4, 0.5) is 0 Å². The zero-order valence-corrected chi connectivity index (χ0v) is 18.1. The Kier molecular flexibility index (Phi) is 3.79. The van der Waals surface area contributed by atoms with Crippen LogP contribution in [0.3, 0.4) is 0 Å². The number of nitrogens with two attached hydrogens (primary N) is 1. The predicted molar refractivity (Wildman–Crippen MR) is 111 cm³/mol. The Labute approximate surface area is 172 Å². The summed E-state index contributed by atoms with van der Waals surface area (Å²) in [5.74, 6) is 1.79. The topological polar surface area (TPSA) is 64.3 Å². The van der Waals surface area contributed by atoms with Gasteiger partial charge in [0, 0.05) is 52.1 Å². The summed E-state index contributed by atoms with van der Waals surface area (Å²) in [5, 5.41) is 3.61. The van der Waals surface area contributed by atoms with E-state index in [2.05, 4.69) is 33.0 Å². The number of hydrogen-bond acceptors (Lipinski definition) is 3. The van der Waals surface area contributed by atoms with Crippen LogP contribution in [-0.4, -0.2) is 17.6 Å². The Hall–Kier alpha value is -1.26. The van der Waals surface area contributed by atoms with Gasteiger partial charge in [0.15, 0.2) is 0 Å². The Morgan fingerprint density at radius 1 is 1.21 bits per heavy atom. The molecule has 152 valence electrons. The molecule has 5 heteroatoms. The summed E-state index contributed by atoms with van der Waals surface area (Å²) in [4.78, 5) is 12.3. The first kappa shape index (κ1) is 18.7. The van der Waals surface area contributed by atoms with Crippen LogP contribution in [0.5, 0.6) is 5.75 Å². The van der Waals surface area contributed by atoms with E-state index in [0.717, 1.165) is 36.1 Å². The van der Waals surface area contributed by atoms with Crippen molar-refractivity contribution in [3.63, 3.8) is 0 Å². The molecule has 1 unspecified atom stereocenters. The Morgan fingerprint density at radius 2 is 1.96 bits per heavy atom. The molecule has 2 fully saturated rings. The first-order valence-corrected chi connectivity index (χ1v) is 11.0. The van der Waals surface area contributed by atoms with Crippen molar-refractivity contribution in [3.05, 3.63) is 27.8 Å². The molecule has 0 radical (unpaired) electrons. The van der Waals surface area contributed by atoms with E-state index in [9.17, 15) is 4.79 Å². The van der Waals surface area contributed by atoms with Crippen molar-refractivity contribution in [1.82, 2.24) is 5.32 Å². The van der Waals surface area contributed by atoms with E-state index in [1.54, 1.807) is 0 Å². The molecule has 28 heavy (non-hydrogen) atoms. The lowest BCUT2D eigenvalue weighted by atomic mass is 9.43. The number of carbonyl (C=O) groups is 1. The van der Waals surface area contributed by atoms with Gasteiger partial charge >= 0.3 is 0 Å². The molecule has 2 heterocycles. The highest BCUT2D eigenvalue weighted by Gasteiger charge is 2.67. The molecule has 5 rings (SSSR count). The zero-order chi connectivity index (χ0) is 20.1. The molecular weight excluding hydrogens is 372 g/mol. The maximum absolute atomic E-state index is 12.3. The quantitative estimate of drug-likeness (QED) is 0.673. The third-order valence-corrected chi connectivity index (χ3v) is 9.07. The summed E-state index contributed by atoms with van der Waals surface area (Å²) >= 11 is 6.70. The molecule has 0 bridgehead atoms. The van der Waals surface area contributed by atoms with Crippen molar-refractivity contribution in [2.24, 2.45) is 28.4 Å². The first-order valence-electron chi connectivity index (χ1n) is 10.7. The Balaban J connectivity index is 1.75. The van der Waals surface area contributed by atoms with E-state index in [-0.39, 0.29) is 28.4 Å². The molecule has 1 spiro atoms. The third kappa shape index (κ3) is 2.19. The standard InChI is InChI=1S/C23H31ClN2O2/c1-12-5-6-18-21(2,3)8-13(25)9-23(18)22(12,4)10-15-17(24)7-14-16(19(15)28-23)11-26-20(14)27/h7,12-13,18H,5-6,8-11,25H2,1-4H3,(H,26,27)/t12-,13?,18-,22+,23-/m0/s1. The van der Waals surface area contributed by atoms with Crippen LogP contribution in [-0.2, 0) is 13.0 Å². The van der Waals surface area contributed by atoms with Gasteiger partial charge < -0.3 is 15.8 Å². The largest absolute Gasteiger partial charge is 0.486 e. The van der Waals surface area contributed by atoms with E-state index in [1.165, 1.54) is 12.8 Å². The van der Waals surface area contributed by atoms with Gasteiger partial charge in [-0.05, 0) is 43.1 Å². The predicted octanol–water partition coefficient (Wildman–Crippen LogP) is 4.46. The van der Waals surface area contributed by atoms with Gasteiger partial charge in [-0.25, -0.2) is 0 Å². The number of halogens is 1. The highest BCUT2D eigenvalue weighted by atomic mass is 35.5. The van der Waals surface area contributed by atoms with Crippen LogP contribution in [0.2, 0.25) is 5.02 Å². The van der Waals surface area contributed by atoms with Gasteiger partial charge in [0.2, 0.25) is 0 Å². The van der Waals surface area contributed by atoms with Gasteiger partial charge in [0.25, 0.3) is 5.91 Å². The molecule has 2 aliphatic heterocycles. The van der Waals surface area contributed by atoms with Gasteiger partial charge in [-0.15, -0.1) is 0 Å². The fourth-order valence-corrected chi connectivity index (χ4v) is 7.47.